The van der Waals surface area contributed by atoms with Gasteiger partial charge in [0, 0.05) is 20.7 Å². The normalized spacial score (nSPS) is 17.9. The van der Waals surface area contributed by atoms with Gasteiger partial charge < -0.3 is 10.0 Å². The van der Waals surface area contributed by atoms with Crippen molar-refractivity contribution in [1.29, 1.82) is 0 Å². The minimum atomic E-state index is -0.677. The standard InChI is InChI=1S/C25H19ClINO3/c26-19-10-6-18(7-11-19)23(29)21-22(17-8-12-20(27)13-9-17)28(25(31)24(21)30)15-14-16-4-2-1-3-5-16/h1-13,22,29H,14-15H2/b23-21+. The smallest absolute Gasteiger partial charge is 0.295 e. The summed E-state index contributed by atoms with van der Waals surface area (Å²) >= 11 is 8.17. The molecule has 1 fully saturated rings. The molecule has 0 bridgehead atoms. The number of hydrogen-bond donors (Lipinski definition) is 1. The quantitative estimate of drug-likeness (QED) is 0.197. The maximum atomic E-state index is 13.0. The number of carbonyl (C=O) groups is 2. The molecular formula is C25H19ClINO3. The highest BCUT2D eigenvalue weighted by Crippen LogP contribution is 2.39. The Morgan fingerprint density at radius 2 is 1.58 bits per heavy atom. The number of ketones is 1. The van der Waals surface area contributed by atoms with Gasteiger partial charge >= 0.3 is 0 Å². The maximum absolute atomic E-state index is 13.0. The predicted molar refractivity (Wildman–Crippen MR) is 130 cm³/mol. The molecule has 4 rings (SSSR count). The van der Waals surface area contributed by atoms with E-state index in [0.29, 0.717) is 23.6 Å². The van der Waals surface area contributed by atoms with Gasteiger partial charge in [-0.05, 0) is 76.5 Å². The number of halogens is 2. The first-order valence-corrected chi connectivity index (χ1v) is 11.2. The van der Waals surface area contributed by atoms with Crippen LogP contribution in [0, 0.1) is 3.57 Å². The molecule has 1 aliphatic rings. The Morgan fingerprint density at radius 1 is 0.935 bits per heavy atom. The fourth-order valence-electron chi connectivity index (χ4n) is 3.76. The van der Waals surface area contributed by atoms with Gasteiger partial charge in [-0.3, -0.25) is 9.59 Å². The van der Waals surface area contributed by atoms with E-state index in [0.717, 1.165) is 14.7 Å². The van der Waals surface area contributed by atoms with E-state index in [4.69, 9.17) is 11.6 Å². The third-order valence-electron chi connectivity index (χ3n) is 5.33. The molecule has 3 aromatic rings. The van der Waals surface area contributed by atoms with Gasteiger partial charge in [-0.25, -0.2) is 0 Å². The molecule has 1 unspecified atom stereocenters. The van der Waals surface area contributed by atoms with E-state index >= 15 is 0 Å². The summed E-state index contributed by atoms with van der Waals surface area (Å²) in [6.45, 7) is 0.364. The summed E-state index contributed by atoms with van der Waals surface area (Å²) in [5, 5.41) is 11.5. The third-order valence-corrected chi connectivity index (χ3v) is 6.30. The van der Waals surface area contributed by atoms with Gasteiger partial charge in [0.05, 0.1) is 11.6 Å². The van der Waals surface area contributed by atoms with Crippen molar-refractivity contribution in [1.82, 2.24) is 4.90 Å². The van der Waals surface area contributed by atoms with Gasteiger partial charge in [-0.2, -0.15) is 0 Å². The van der Waals surface area contributed by atoms with Crippen LogP contribution in [-0.4, -0.2) is 28.2 Å². The first kappa shape index (κ1) is 21.6. The Kier molecular flexibility index (Phi) is 6.43. The highest BCUT2D eigenvalue weighted by atomic mass is 127. The number of carbonyl (C=O) groups excluding carboxylic acids is 2. The second-order valence-electron chi connectivity index (χ2n) is 7.29. The van der Waals surface area contributed by atoms with Crippen LogP contribution in [0.3, 0.4) is 0 Å². The van der Waals surface area contributed by atoms with Crippen molar-refractivity contribution in [2.75, 3.05) is 6.54 Å². The van der Waals surface area contributed by atoms with Gasteiger partial charge in [-0.15, -0.1) is 0 Å². The van der Waals surface area contributed by atoms with E-state index in [-0.39, 0.29) is 11.3 Å². The van der Waals surface area contributed by atoms with Crippen molar-refractivity contribution in [2.24, 2.45) is 0 Å². The Balaban J connectivity index is 1.78. The molecule has 0 aromatic heterocycles. The maximum Gasteiger partial charge on any atom is 0.295 e. The summed E-state index contributed by atoms with van der Waals surface area (Å²) in [5.41, 5.74) is 2.40. The molecule has 0 spiro atoms. The number of hydrogen-bond acceptors (Lipinski definition) is 3. The van der Waals surface area contributed by atoms with Gasteiger partial charge in [0.15, 0.2) is 0 Å². The lowest BCUT2D eigenvalue weighted by molar-refractivity contribution is -0.139. The Labute approximate surface area is 199 Å². The highest BCUT2D eigenvalue weighted by molar-refractivity contribution is 14.1. The lowest BCUT2D eigenvalue weighted by atomic mass is 9.95. The number of benzene rings is 3. The van der Waals surface area contributed by atoms with Crippen LogP contribution < -0.4 is 0 Å². The van der Waals surface area contributed by atoms with Crippen molar-refractivity contribution in [3.05, 3.63) is 110 Å². The van der Waals surface area contributed by atoms with Crippen LogP contribution >= 0.6 is 34.2 Å². The van der Waals surface area contributed by atoms with Crippen molar-refractivity contribution in [3.8, 4) is 0 Å². The van der Waals surface area contributed by atoms with E-state index in [9.17, 15) is 14.7 Å². The molecule has 1 atom stereocenters. The number of Topliss-reactive ketones (excluding diaryl/α,β-unsaturated/α-hetero) is 1. The Hall–Kier alpha value is -2.64. The average Bonchev–Trinajstić information content (AvgIpc) is 3.04. The number of nitrogens with zero attached hydrogens (tertiary/aromatic N) is 1. The summed E-state index contributed by atoms with van der Waals surface area (Å²) in [7, 11) is 0. The number of rotatable bonds is 5. The van der Waals surface area contributed by atoms with Gasteiger partial charge in [0.25, 0.3) is 11.7 Å². The van der Waals surface area contributed by atoms with Crippen molar-refractivity contribution < 1.29 is 14.7 Å². The minimum Gasteiger partial charge on any atom is -0.507 e. The van der Waals surface area contributed by atoms with E-state index in [2.05, 4.69) is 22.6 Å². The third kappa shape index (κ3) is 4.52. The van der Waals surface area contributed by atoms with Crippen LogP contribution in [0.5, 0.6) is 0 Å². The molecular weight excluding hydrogens is 525 g/mol. The van der Waals surface area contributed by atoms with Crippen LogP contribution in [0.1, 0.15) is 22.7 Å². The molecule has 1 aliphatic heterocycles. The first-order valence-electron chi connectivity index (χ1n) is 9.79. The molecule has 1 N–H and O–H groups in total. The largest absolute Gasteiger partial charge is 0.507 e. The van der Waals surface area contributed by atoms with Crippen LogP contribution in [-0.2, 0) is 16.0 Å². The van der Waals surface area contributed by atoms with Crippen LogP contribution in [0.15, 0.2) is 84.4 Å². The van der Waals surface area contributed by atoms with Gasteiger partial charge in [0.2, 0.25) is 0 Å². The average molecular weight is 544 g/mol. The second-order valence-corrected chi connectivity index (χ2v) is 8.97. The molecule has 0 aliphatic carbocycles. The van der Waals surface area contributed by atoms with Crippen LogP contribution in [0.2, 0.25) is 5.02 Å². The van der Waals surface area contributed by atoms with Crippen LogP contribution in [0.25, 0.3) is 5.76 Å². The van der Waals surface area contributed by atoms with Crippen molar-refractivity contribution in [3.63, 3.8) is 0 Å². The molecule has 0 radical (unpaired) electrons. The van der Waals surface area contributed by atoms with Crippen molar-refractivity contribution >= 4 is 51.6 Å². The Morgan fingerprint density at radius 3 is 2.23 bits per heavy atom. The molecule has 4 nitrogen and oxygen atoms in total. The number of likely N-dealkylation sites (tertiary alicyclic amines) is 1. The summed E-state index contributed by atoms with van der Waals surface area (Å²) in [6, 6.07) is 23.3. The SMILES string of the molecule is O=C1C(=O)N(CCc2ccccc2)C(c2ccc(I)cc2)/C1=C(\O)c1ccc(Cl)cc1. The molecule has 0 saturated carbocycles. The molecule has 1 saturated heterocycles. The van der Waals surface area contributed by atoms with Crippen LogP contribution in [0.4, 0.5) is 0 Å². The van der Waals surface area contributed by atoms with Crippen molar-refractivity contribution in [2.45, 2.75) is 12.5 Å². The topological polar surface area (TPSA) is 57.6 Å². The molecule has 1 amide bonds. The molecule has 156 valence electrons. The zero-order valence-electron chi connectivity index (χ0n) is 16.5. The van der Waals surface area contributed by atoms with E-state index < -0.39 is 17.7 Å². The lowest BCUT2D eigenvalue weighted by Crippen LogP contribution is -2.31. The fourth-order valence-corrected chi connectivity index (χ4v) is 4.25. The lowest BCUT2D eigenvalue weighted by Gasteiger charge is -2.25. The molecule has 3 aromatic carbocycles. The Bertz CT molecular complexity index is 1140. The number of aliphatic hydroxyl groups is 1. The number of amides is 1. The monoisotopic (exact) mass is 543 g/mol. The summed E-state index contributed by atoms with van der Waals surface area (Å²) in [5.74, 6) is -1.47. The minimum absolute atomic E-state index is 0.0987. The molecule has 6 heteroatoms. The summed E-state index contributed by atoms with van der Waals surface area (Å²) in [4.78, 5) is 27.6. The first-order chi connectivity index (χ1) is 15.0. The second kappa shape index (κ2) is 9.24. The summed E-state index contributed by atoms with van der Waals surface area (Å²) in [6.07, 6.45) is 0.607. The fraction of sp³-hybridized carbons (Fsp3) is 0.120. The summed E-state index contributed by atoms with van der Waals surface area (Å²) < 4.78 is 1.04. The number of aliphatic hydroxyl groups excluding tert-OH is 1. The zero-order chi connectivity index (χ0) is 22.0. The molecule has 1 heterocycles. The zero-order valence-corrected chi connectivity index (χ0v) is 19.4. The van der Waals surface area contributed by atoms with E-state index in [1.54, 1.807) is 29.2 Å². The van der Waals surface area contributed by atoms with E-state index in [1.165, 1.54) is 0 Å². The van der Waals surface area contributed by atoms with Gasteiger partial charge in [-0.1, -0.05) is 54.1 Å². The predicted octanol–water partition coefficient (Wildman–Crippen LogP) is 5.61. The molecule has 31 heavy (non-hydrogen) atoms. The van der Waals surface area contributed by atoms with E-state index in [1.807, 2.05) is 54.6 Å². The highest BCUT2D eigenvalue weighted by Gasteiger charge is 2.45. The van der Waals surface area contributed by atoms with Gasteiger partial charge in [0.1, 0.15) is 5.76 Å².